The number of nitrogens with zero attached hydrogens (tertiary/aromatic N) is 1. The molecule has 0 atom stereocenters. The van der Waals surface area contributed by atoms with Gasteiger partial charge < -0.3 is 10.6 Å². The van der Waals surface area contributed by atoms with Crippen molar-refractivity contribution >= 4 is 23.1 Å². The summed E-state index contributed by atoms with van der Waals surface area (Å²) >= 11 is 4.68. The minimum absolute atomic E-state index is 0.0764. The summed E-state index contributed by atoms with van der Waals surface area (Å²) in [6, 6.07) is 0.469. The second-order valence-corrected chi connectivity index (χ2v) is 3.58. The van der Waals surface area contributed by atoms with Crippen LogP contribution < -0.4 is 5.73 Å². The summed E-state index contributed by atoms with van der Waals surface area (Å²) in [5.74, 6) is 0.0764. The van der Waals surface area contributed by atoms with Crippen molar-refractivity contribution in [1.29, 1.82) is 0 Å². The zero-order chi connectivity index (χ0) is 9.14. The highest BCUT2D eigenvalue weighted by Crippen LogP contribution is 2.26. The summed E-state index contributed by atoms with van der Waals surface area (Å²) in [6.07, 6.45) is 2.49. The number of nitrogens with two attached hydrogens (primary N) is 1. The molecule has 0 radical (unpaired) electrons. The van der Waals surface area contributed by atoms with Crippen molar-refractivity contribution in [1.82, 2.24) is 4.90 Å². The van der Waals surface area contributed by atoms with E-state index in [1.54, 1.807) is 0 Å². The lowest BCUT2D eigenvalue weighted by Gasteiger charge is -2.19. The van der Waals surface area contributed by atoms with E-state index < -0.39 is 0 Å². The van der Waals surface area contributed by atoms with Crippen LogP contribution in [0, 0.1) is 0 Å². The second-order valence-electron chi connectivity index (χ2n) is 3.05. The molecule has 1 fully saturated rings. The van der Waals surface area contributed by atoms with Gasteiger partial charge in [0.05, 0.1) is 11.4 Å². The van der Waals surface area contributed by atoms with E-state index in [-0.39, 0.29) is 12.3 Å². The number of hydrogen-bond donors (Lipinski definition) is 1. The molecule has 1 saturated carbocycles. The van der Waals surface area contributed by atoms with Crippen LogP contribution in [0.4, 0.5) is 0 Å². The molecule has 4 heteroatoms. The predicted octanol–water partition coefficient (Wildman–Crippen LogP) is 0.674. The minimum atomic E-state index is 0.0764. The van der Waals surface area contributed by atoms with Gasteiger partial charge in [0.2, 0.25) is 5.91 Å². The van der Waals surface area contributed by atoms with Gasteiger partial charge in [-0.1, -0.05) is 12.2 Å². The third-order valence-electron chi connectivity index (χ3n) is 1.97. The van der Waals surface area contributed by atoms with Crippen LogP contribution in [0.5, 0.6) is 0 Å². The molecule has 0 unspecified atom stereocenters. The third-order valence-corrected chi connectivity index (χ3v) is 2.12. The summed E-state index contributed by atoms with van der Waals surface area (Å²) in [6.45, 7) is 2.75. The Morgan fingerprint density at radius 1 is 1.67 bits per heavy atom. The molecular weight excluding hydrogens is 172 g/mol. The highest BCUT2D eigenvalue weighted by molar-refractivity contribution is 7.80. The molecule has 0 aliphatic heterocycles. The number of rotatable bonds is 4. The zero-order valence-corrected chi connectivity index (χ0v) is 8.06. The summed E-state index contributed by atoms with van der Waals surface area (Å²) in [5.41, 5.74) is 5.29. The van der Waals surface area contributed by atoms with Gasteiger partial charge in [-0.25, -0.2) is 0 Å². The van der Waals surface area contributed by atoms with E-state index in [4.69, 9.17) is 5.73 Å². The first-order chi connectivity index (χ1) is 5.65. The third kappa shape index (κ3) is 2.44. The fraction of sp³-hybridized carbons (Fsp3) is 0.750. The Morgan fingerprint density at radius 2 is 2.25 bits per heavy atom. The Hall–Kier alpha value is -0.640. The number of hydrogen-bond acceptors (Lipinski definition) is 2. The molecule has 1 amide bonds. The highest BCUT2D eigenvalue weighted by Gasteiger charge is 2.31. The fourth-order valence-corrected chi connectivity index (χ4v) is 1.40. The van der Waals surface area contributed by atoms with Crippen molar-refractivity contribution in [2.24, 2.45) is 5.73 Å². The maximum absolute atomic E-state index is 11.4. The summed E-state index contributed by atoms with van der Waals surface area (Å²) < 4.78 is 0. The first-order valence-corrected chi connectivity index (χ1v) is 4.63. The van der Waals surface area contributed by atoms with E-state index in [1.807, 2.05) is 11.8 Å². The van der Waals surface area contributed by atoms with Crippen LogP contribution in [-0.2, 0) is 4.79 Å². The highest BCUT2D eigenvalue weighted by atomic mass is 32.1. The van der Waals surface area contributed by atoms with E-state index in [0.29, 0.717) is 11.0 Å². The van der Waals surface area contributed by atoms with E-state index in [9.17, 15) is 4.79 Å². The smallest absolute Gasteiger partial charge is 0.229 e. The molecule has 0 aromatic heterocycles. The van der Waals surface area contributed by atoms with Gasteiger partial charge in [-0.05, 0) is 19.8 Å². The molecular formula is C8H14N2OS. The van der Waals surface area contributed by atoms with Crippen LogP contribution in [0.15, 0.2) is 0 Å². The van der Waals surface area contributed by atoms with E-state index in [2.05, 4.69) is 12.2 Å². The second kappa shape index (κ2) is 3.85. The predicted molar refractivity (Wildman–Crippen MR) is 51.8 cm³/mol. The van der Waals surface area contributed by atoms with Gasteiger partial charge in [0.25, 0.3) is 0 Å². The van der Waals surface area contributed by atoms with Crippen LogP contribution in [0.2, 0.25) is 0 Å². The first kappa shape index (κ1) is 9.45. The summed E-state index contributed by atoms with van der Waals surface area (Å²) in [4.78, 5) is 13.6. The molecule has 12 heavy (non-hydrogen) atoms. The maximum atomic E-state index is 11.4. The summed E-state index contributed by atoms with van der Waals surface area (Å²) in [5, 5.41) is 0. The van der Waals surface area contributed by atoms with E-state index in [0.717, 1.165) is 19.4 Å². The average Bonchev–Trinajstić information content (AvgIpc) is 2.70. The molecule has 1 aliphatic rings. The van der Waals surface area contributed by atoms with Crippen LogP contribution in [0.25, 0.3) is 0 Å². The van der Waals surface area contributed by atoms with Gasteiger partial charge >= 0.3 is 0 Å². The van der Waals surface area contributed by atoms with Crippen LogP contribution >= 0.6 is 12.2 Å². The van der Waals surface area contributed by atoms with Gasteiger partial charge in [0, 0.05) is 12.6 Å². The molecule has 0 spiro atoms. The SMILES string of the molecule is CCN(C(=O)CC(N)=S)C1CC1. The average molecular weight is 186 g/mol. The van der Waals surface area contributed by atoms with Gasteiger partial charge in [0.1, 0.15) is 0 Å². The van der Waals surface area contributed by atoms with Gasteiger partial charge in [-0.15, -0.1) is 0 Å². The largest absolute Gasteiger partial charge is 0.393 e. The number of carbonyl (C=O) groups excluding carboxylic acids is 1. The lowest BCUT2D eigenvalue weighted by atomic mass is 10.3. The fourth-order valence-electron chi connectivity index (χ4n) is 1.27. The van der Waals surface area contributed by atoms with E-state index >= 15 is 0 Å². The quantitative estimate of drug-likeness (QED) is 0.656. The minimum Gasteiger partial charge on any atom is -0.393 e. The molecule has 1 aliphatic carbocycles. The molecule has 0 aromatic carbocycles. The number of thiocarbonyl (C=S) groups is 1. The van der Waals surface area contributed by atoms with Gasteiger partial charge in [0.15, 0.2) is 0 Å². The molecule has 0 saturated heterocycles. The Bertz CT molecular complexity index is 201. The monoisotopic (exact) mass is 186 g/mol. The van der Waals surface area contributed by atoms with Gasteiger partial charge in [-0.3, -0.25) is 4.79 Å². The van der Waals surface area contributed by atoms with Crippen molar-refractivity contribution in [3.8, 4) is 0 Å². The lowest BCUT2D eigenvalue weighted by Crippen LogP contribution is -2.35. The number of carbonyl (C=O) groups is 1. The Labute approximate surface area is 77.9 Å². The normalized spacial score (nSPS) is 15.8. The van der Waals surface area contributed by atoms with Gasteiger partial charge in [-0.2, -0.15) is 0 Å². The Kier molecular flexibility index (Phi) is 3.03. The molecule has 0 bridgehead atoms. The Balaban J connectivity index is 2.41. The van der Waals surface area contributed by atoms with Crippen molar-refractivity contribution in [3.63, 3.8) is 0 Å². The van der Waals surface area contributed by atoms with Crippen molar-refractivity contribution in [3.05, 3.63) is 0 Å². The molecule has 0 aromatic rings. The zero-order valence-electron chi connectivity index (χ0n) is 7.25. The van der Waals surface area contributed by atoms with Crippen LogP contribution in [-0.4, -0.2) is 28.4 Å². The lowest BCUT2D eigenvalue weighted by molar-refractivity contribution is -0.130. The summed E-state index contributed by atoms with van der Waals surface area (Å²) in [7, 11) is 0. The molecule has 68 valence electrons. The molecule has 1 rings (SSSR count). The van der Waals surface area contributed by atoms with Crippen LogP contribution in [0.1, 0.15) is 26.2 Å². The topological polar surface area (TPSA) is 46.3 Å². The van der Waals surface area contributed by atoms with Crippen molar-refractivity contribution in [2.45, 2.75) is 32.2 Å². The van der Waals surface area contributed by atoms with Crippen molar-refractivity contribution < 1.29 is 4.79 Å². The standard InChI is InChI=1S/C8H14N2OS/c1-2-10(6-3-4-6)8(11)5-7(9)12/h6H,2-5H2,1H3,(H2,9,12). The Morgan fingerprint density at radius 3 is 2.58 bits per heavy atom. The number of amides is 1. The maximum Gasteiger partial charge on any atom is 0.229 e. The van der Waals surface area contributed by atoms with Crippen molar-refractivity contribution in [2.75, 3.05) is 6.54 Å². The molecule has 2 N–H and O–H groups in total. The molecule has 3 nitrogen and oxygen atoms in total. The first-order valence-electron chi connectivity index (χ1n) is 4.23. The van der Waals surface area contributed by atoms with E-state index in [1.165, 1.54) is 0 Å². The molecule has 0 heterocycles. The van der Waals surface area contributed by atoms with Crippen LogP contribution in [0.3, 0.4) is 0 Å².